The van der Waals surface area contributed by atoms with Crippen LogP contribution in [0.25, 0.3) is 6.08 Å². The van der Waals surface area contributed by atoms with Crippen LogP contribution in [0.3, 0.4) is 0 Å². The van der Waals surface area contributed by atoms with E-state index in [2.05, 4.69) is 64.2 Å². The highest BCUT2D eigenvalue weighted by Gasteiger charge is 2.39. The van der Waals surface area contributed by atoms with E-state index >= 15 is 0 Å². The van der Waals surface area contributed by atoms with Gasteiger partial charge in [0.25, 0.3) is 5.91 Å². The number of carbonyl (C=O) groups excluding carboxylic acids is 1. The Kier molecular flexibility index (Phi) is 8.24. The van der Waals surface area contributed by atoms with Gasteiger partial charge in [0, 0.05) is 30.6 Å². The van der Waals surface area contributed by atoms with E-state index in [1.807, 2.05) is 42.5 Å². The third-order valence-electron chi connectivity index (χ3n) is 7.09. The molecule has 1 heterocycles. The molecule has 2 unspecified atom stereocenters. The van der Waals surface area contributed by atoms with Crippen LogP contribution in [0, 0.1) is 0 Å². The number of benzene rings is 3. The second-order valence-electron chi connectivity index (χ2n) is 9.90. The molecular weight excluding hydrogens is 446 g/mol. The quantitative estimate of drug-likeness (QED) is 0.314. The Balaban J connectivity index is 1.02. The van der Waals surface area contributed by atoms with E-state index < -0.39 is 0 Å². The van der Waals surface area contributed by atoms with E-state index in [1.165, 1.54) is 36.5 Å². The van der Waals surface area contributed by atoms with Gasteiger partial charge in [-0.1, -0.05) is 84.9 Å². The molecule has 1 saturated heterocycles. The van der Waals surface area contributed by atoms with Crippen molar-refractivity contribution in [2.45, 2.75) is 50.4 Å². The number of hydroxylamine groups is 1. The molecule has 5 nitrogen and oxygen atoms in total. The van der Waals surface area contributed by atoms with Crippen LogP contribution in [0.1, 0.15) is 47.4 Å². The molecule has 0 aromatic heterocycles. The third kappa shape index (κ3) is 7.14. The molecule has 1 aliphatic carbocycles. The van der Waals surface area contributed by atoms with E-state index in [4.69, 9.17) is 4.84 Å². The first-order chi connectivity index (χ1) is 17.7. The average molecular weight is 482 g/mol. The number of nitrogens with zero attached hydrogens (tertiary/aromatic N) is 1. The second kappa shape index (κ2) is 12.1. The molecule has 5 rings (SSSR count). The summed E-state index contributed by atoms with van der Waals surface area (Å²) in [6.07, 6.45) is 7.00. The highest BCUT2D eigenvalue weighted by Crippen LogP contribution is 2.41. The van der Waals surface area contributed by atoms with Crippen LogP contribution < -0.4 is 10.8 Å². The Bertz CT molecular complexity index is 1140. The molecule has 36 heavy (non-hydrogen) atoms. The van der Waals surface area contributed by atoms with E-state index in [1.54, 1.807) is 0 Å². The fourth-order valence-corrected chi connectivity index (χ4v) is 5.03. The molecule has 2 N–H and O–H groups in total. The molecule has 186 valence electrons. The van der Waals surface area contributed by atoms with Crippen molar-refractivity contribution < 1.29 is 9.63 Å². The summed E-state index contributed by atoms with van der Waals surface area (Å²) in [6, 6.07) is 30.3. The summed E-state index contributed by atoms with van der Waals surface area (Å²) in [7, 11) is 0. The molecule has 1 amide bonds. The Hall–Kier alpha value is -3.25. The van der Waals surface area contributed by atoms with Crippen molar-refractivity contribution in [3.8, 4) is 0 Å². The molecule has 0 spiro atoms. The lowest BCUT2D eigenvalue weighted by Gasteiger charge is -2.32. The van der Waals surface area contributed by atoms with E-state index in [-0.39, 0.29) is 5.91 Å². The monoisotopic (exact) mass is 481 g/mol. The Morgan fingerprint density at radius 3 is 2.42 bits per heavy atom. The second-order valence-corrected chi connectivity index (χ2v) is 9.90. The van der Waals surface area contributed by atoms with Crippen molar-refractivity contribution in [3.63, 3.8) is 0 Å². The SMILES string of the molecule is O=C(/C=C/c1cccc(CN2CCC(NC3CC3c3ccccc3)CC2)c1)NOCc1ccccc1. The van der Waals surface area contributed by atoms with Crippen LogP contribution in [0.4, 0.5) is 0 Å². The predicted octanol–water partition coefficient (Wildman–Crippen LogP) is 5.06. The van der Waals surface area contributed by atoms with Crippen LogP contribution in [0.5, 0.6) is 0 Å². The fourth-order valence-electron chi connectivity index (χ4n) is 5.03. The van der Waals surface area contributed by atoms with Crippen molar-refractivity contribution in [3.05, 3.63) is 113 Å². The van der Waals surface area contributed by atoms with E-state index in [0.717, 1.165) is 30.8 Å². The number of likely N-dealkylation sites (tertiary alicyclic amines) is 1. The molecule has 2 fully saturated rings. The Labute approximate surface area is 214 Å². The van der Waals surface area contributed by atoms with Crippen LogP contribution in [-0.4, -0.2) is 36.0 Å². The van der Waals surface area contributed by atoms with Gasteiger partial charge in [-0.15, -0.1) is 0 Å². The smallest absolute Gasteiger partial charge is 0.267 e. The molecular formula is C31H35N3O2. The van der Waals surface area contributed by atoms with Crippen molar-refractivity contribution in [1.29, 1.82) is 0 Å². The number of hydrogen-bond acceptors (Lipinski definition) is 4. The summed E-state index contributed by atoms with van der Waals surface area (Å²) < 4.78 is 0. The fraction of sp³-hybridized carbons (Fsp3) is 0.323. The summed E-state index contributed by atoms with van der Waals surface area (Å²) in [5.74, 6) is 0.425. The number of piperidine rings is 1. The predicted molar refractivity (Wildman–Crippen MR) is 144 cm³/mol. The van der Waals surface area contributed by atoms with Gasteiger partial charge in [0.05, 0.1) is 6.61 Å². The topological polar surface area (TPSA) is 53.6 Å². The maximum absolute atomic E-state index is 12.1. The van der Waals surface area contributed by atoms with Crippen LogP contribution >= 0.6 is 0 Å². The Morgan fingerprint density at radius 1 is 0.917 bits per heavy atom. The van der Waals surface area contributed by atoms with Crippen LogP contribution in [-0.2, 0) is 22.8 Å². The Morgan fingerprint density at radius 2 is 1.64 bits per heavy atom. The van der Waals surface area contributed by atoms with Gasteiger partial charge in [-0.3, -0.25) is 14.5 Å². The lowest BCUT2D eigenvalue weighted by Crippen LogP contribution is -2.43. The lowest BCUT2D eigenvalue weighted by atomic mass is 10.0. The summed E-state index contributed by atoms with van der Waals surface area (Å²) in [5.41, 5.74) is 7.25. The number of rotatable bonds is 10. The summed E-state index contributed by atoms with van der Waals surface area (Å²) >= 11 is 0. The van der Waals surface area contributed by atoms with Crippen LogP contribution in [0.15, 0.2) is 91.0 Å². The highest BCUT2D eigenvalue weighted by atomic mass is 16.6. The number of nitrogens with one attached hydrogen (secondary N) is 2. The van der Waals surface area contributed by atoms with Gasteiger partial charge in [-0.25, -0.2) is 5.48 Å². The van der Waals surface area contributed by atoms with Crippen molar-refractivity contribution in [2.75, 3.05) is 13.1 Å². The van der Waals surface area contributed by atoms with Gasteiger partial charge >= 0.3 is 0 Å². The molecule has 3 aromatic rings. The summed E-state index contributed by atoms with van der Waals surface area (Å²) in [5, 5.41) is 3.90. The minimum atomic E-state index is -0.268. The minimum absolute atomic E-state index is 0.268. The molecule has 0 bridgehead atoms. The van der Waals surface area contributed by atoms with E-state index in [0.29, 0.717) is 24.6 Å². The molecule has 0 radical (unpaired) electrons. The van der Waals surface area contributed by atoms with Gasteiger partial charge in [0.15, 0.2) is 0 Å². The van der Waals surface area contributed by atoms with Crippen molar-refractivity contribution in [2.24, 2.45) is 0 Å². The molecule has 1 aliphatic heterocycles. The zero-order valence-electron chi connectivity index (χ0n) is 20.7. The first kappa shape index (κ1) is 24.4. The maximum atomic E-state index is 12.1. The number of amides is 1. The van der Waals surface area contributed by atoms with Gasteiger partial charge in [-0.05, 0) is 60.7 Å². The molecule has 3 aromatic carbocycles. The highest BCUT2D eigenvalue weighted by molar-refractivity contribution is 5.90. The zero-order valence-corrected chi connectivity index (χ0v) is 20.7. The molecule has 1 saturated carbocycles. The zero-order chi connectivity index (χ0) is 24.6. The van der Waals surface area contributed by atoms with Gasteiger partial charge < -0.3 is 5.32 Å². The third-order valence-corrected chi connectivity index (χ3v) is 7.09. The summed E-state index contributed by atoms with van der Waals surface area (Å²) in [6.45, 7) is 3.51. The van der Waals surface area contributed by atoms with Gasteiger partial charge in [0.1, 0.15) is 0 Å². The van der Waals surface area contributed by atoms with Gasteiger partial charge in [-0.2, -0.15) is 0 Å². The number of hydrogen-bond donors (Lipinski definition) is 2. The van der Waals surface area contributed by atoms with Crippen molar-refractivity contribution in [1.82, 2.24) is 15.7 Å². The normalized spacial score (nSPS) is 20.4. The average Bonchev–Trinajstić information content (AvgIpc) is 3.69. The molecule has 2 aliphatic rings. The molecule has 5 heteroatoms. The van der Waals surface area contributed by atoms with Crippen LogP contribution in [0.2, 0.25) is 0 Å². The van der Waals surface area contributed by atoms with E-state index in [9.17, 15) is 4.79 Å². The maximum Gasteiger partial charge on any atom is 0.267 e. The standard InChI is InChI=1S/C31H35N3O2/c35-31(33-36-23-25-8-3-1-4-9-25)15-14-24-10-7-11-26(20-24)22-34-18-16-28(17-19-34)32-30-21-29(30)27-12-5-2-6-13-27/h1-15,20,28-30,32H,16-19,21-23H2,(H,33,35)/b15-14+. The summed E-state index contributed by atoms with van der Waals surface area (Å²) in [4.78, 5) is 19.9. The largest absolute Gasteiger partial charge is 0.311 e. The first-order valence-corrected chi connectivity index (χ1v) is 13.0. The number of carbonyl (C=O) groups is 1. The minimum Gasteiger partial charge on any atom is -0.311 e. The lowest BCUT2D eigenvalue weighted by molar-refractivity contribution is -0.129. The first-order valence-electron chi connectivity index (χ1n) is 13.0. The van der Waals surface area contributed by atoms with Gasteiger partial charge in [0.2, 0.25) is 0 Å². The van der Waals surface area contributed by atoms with Crippen molar-refractivity contribution >= 4 is 12.0 Å². The molecule has 2 atom stereocenters.